The van der Waals surface area contributed by atoms with Crippen LogP contribution in [0.5, 0.6) is 0 Å². The molecule has 0 fully saturated rings. The Balaban J connectivity index is 3.06. The zero-order chi connectivity index (χ0) is 17.2. The summed E-state index contributed by atoms with van der Waals surface area (Å²) in [6.07, 6.45) is 1.48. The van der Waals surface area contributed by atoms with Gasteiger partial charge in [-0.1, -0.05) is 18.7 Å². The van der Waals surface area contributed by atoms with E-state index in [1.165, 1.54) is 6.08 Å². The molecule has 0 bridgehead atoms. The highest BCUT2D eigenvalue weighted by atomic mass is 16.5. The Bertz CT molecular complexity index is 651. The van der Waals surface area contributed by atoms with Crippen LogP contribution in [0.15, 0.2) is 42.5 Å². The average Bonchev–Trinajstić information content (AvgIpc) is 2.54. The highest BCUT2D eigenvalue weighted by Gasteiger charge is 2.13. The number of benzene rings is 1. The van der Waals surface area contributed by atoms with Gasteiger partial charge in [0.2, 0.25) is 0 Å². The third-order valence-corrected chi connectivity index (χ3v) is 2.93. The van der Waals surface area contributed by atoms with E-state index in [2.05, 4.69) is 6.58 Å². The van der Waals surface area contributed by atoms with Crippen LogP contribution in [0.25, 0.3) is 5.57 Å². The molecular formula is C18H19NO4. The van der Waals surface area contributed by atoms with Gasteiger partial charge in [0.15, 0.2) is 0 Å². The molecule has 120 valence electrons. The van der Waals surface area contributed by atoms with Crippen LogP contribution in [0, 0.1) is 11.3 Å². The molecule has 1 rings (SSSR count). The number of hydrogen-bond donors (Lipinski definition) is 0. The van der Waals surface area contributed by atoms with E-state index in [1.54, 1.807) is 38.1 Å². The molecule has 0 saturated heterocycles. The topological polar surface area (TPSA) is 76.4 Å². The fraction of sp³-hybridized carbons (Fsp3) is 0.278. The van der Waals surface area contributed by atoms with E-state index in [9.17, 15) is 9.59 Å². The fourth-order valence-corrected chi connectivity index (χ4v) is 1.86. The van der Waals surface area contributed by atoms with E-state index in [0.717, 1.165) is 0 Å². The first-order valence-corrected chi connectivity index (χ1v) is 7.24. The summed E-state index contributed by atoms with van der Waals surface area (Å²) < 4.78 is 9.82. The second kappa shape index (κ2) is 9.21. The first-order chi connectivity index (χ1) is 11.0. The lowest BCUT2D eigenvalue weighted by Crippen LogP contribution is -2.08. The summed E-state index contributed by atoms with van der Waals surface area (Å²) >= 11 is 0. The van der Waals surface area contributed by atoms with Gasteiger partial charge in [0.25, 0.3) is 0 Å². The van der Waals surface area contributed by atoms with Crippen molar-refractivity contribution in [2.45, 2.75) is 20.3 Å². The minimum Gasteiger partial charge on any atom is -0.463 e. The van der Waals surface area contributed by atoms with Gasteiger partial charge in [-0.25, -0.2) is 9.59 Å². The summed E-state index contributed by atoms with van der Waals surface area (Å²) in [4.78, 5) is 23.4. The maximum atomic E-state index is 11.7. The minimum absolute atomic E-state index is 0.156. The van der Waals surface area contributed by atoms with Crippen LogP contribution in [0.1, 0.15) is 31.4 Å². The van der Waals surface area contributed by atoms with Gasteiger partial charge >= 0.3 is 11.9 Å². The lowest BCUT2D eigenvalue weighted by molar-refractivity contribution is -0.139. The van der Waals surface area contributed by atoms with Crippen molar-refractivity contribution < 1.29 is 19.1 Å². The predicted molar refractivity (Wildman–Crippen MR) is 86.2 cm³/mol. The third kappa shape index (κ3) is 5.79. The van der Waals surface area contributed by atoms with Gasteiger partial charge in [-0.3, -0.25) is 0 Å². The van der Waals surface area contributed by atoms with Crippen molar-refractivity contribution in [2.24, 2.45) is 0 Å². The average molecular weight is 313 g/mol. The smallest absolute Gasteiger partial charge is 0.333 e. The van der Waals surface area contributed by atoms with E-state index in [0.29, 0.717) is 16.7 Å². The summed E-state index contributed by atoms with van der Waals surface area (Å²) in [5.74, 6) is -1.00. The van der Waals surface area contributed by atoms with Gasteiger partial charge in [0.05, 0.1) is 24.8 Å². The number of nitriles is 1. The summed E-state index contributed by atoms with van der Waals surface area (Å²) in [5.41, 5.74) is 2.04. The van der Waals surface area contributed by atoms with E-state index < -0.39 is 11.9 Å². The van der Waals surface area contributed by atoms with Crippen LogP contribution in [-0.2, 0) is 19.1 Å². The molecule has 23 heavy (non-hydrogen) atoms. The molecule has 1 aromatic rings. The molecule has 0 aliphatic heterocycles. The molecule has 0 radical (unpaired) electrons. The quantitative estimate of drug-likeness (QED) is 0.571. The second-order valence-electron chi connectivity index (χ2n) is 4.61. The Morgan fingerprint density at radius 2 is 1.78 bits per heavy atom. The Hall–Kier alpha value is -2.87. The molecule has 5 nitrogen and oxygen atoms in total. The molecule has 0 unspecified atom stereocenters. The Kier molecular flexibility index (Phi) is 7.28. The van der Waals surface area contributed by atoms with Crippen molar-refractivity contribution >= 4 is 17.5 Å². The number of allylic oxidation sites excluding steroid dienone is 1. The highest BCUT2D eigenvalue weighted by Crippen LogP contribution is 2.23. The molecule has 0 saturated carbocycles. The molecule has 0 amide bonds. The van der Waals surface area contributed by atoms with Crippen LogP contribution >= 0.6 is 0 Å². The zero-order valence-corrected chi connectivity index (χ0v) is 13.3. The maximum Gasteiger partial charge on any atom is 0.333 e. The lowest BCUT2D eigenvalue weighted by atomic mass is 9.97. The maximum absolute atomic E-state index is 11.7. The van der Waals surface area contributed by atoms with Gasteiger partial charge < -0.3 is 9.47 Å². The van der Waals surface area contributed by atoms with Gasteiger partial charge in [-0.15, -0.1) is 0 Å². The van der Waals surface area contributed by atoms with E-state index in [1.807, 2.05) is 6.07 Å². The lowest BCUT2D eigenvalue weighted by Gasteiger charge is -2.10. The molecule has 0 N–H and O–H groups in total. The summed E-state index contributed by atoms with van der Waals surface area (Å²) in [6.45, 7) is 7.64. The fourth-order valence-electron chi connectivity index (χ4n) is 1.86. The van der Waals surface area contributed by atoms with E-state index >= 15 is 0 Å². The SMILES string of the molecule is C=C(C/C(=C\C(=O)OCC)c1ccc(C#N)cc1)C(=O)OCC. The van der Waals surface area contributed by atoms with Gasteiger partial charge in [-0.05, 0) is 37.1 Å². The van der Waals surface area contributed by atoms with Crippen LogP contribution in [-0.4, -0.2) is 25.2 Å². The van der Waals surface area contributed by atoms with Crippen molar-refractivity contribution in [2.75, 3.05) is 13.2 Å². The van der Waals surface area contributed by atoms with Crippen LogP contribution in [0.4, 0.5) is 0 Å². The van der Waals surface area contributed by atoms with Crippen molar-refractivity contribution in [1.29, 1.82) is 5.26 Å². The Morgan fingerprint density at radius 1 is 1.17 bits per heavy atom. The largest absolute Gasteiger partial charge is 0.463 e. The van der Waals surface area contributed by atoms with Crippen molar-refractivity contribution in [3.8, 4) is 6.07 Å². The van der Waals surface area contributed by atoms with Gasteiger partial charge in [-0.2, -0.15) is 5.26 Å². The normalized spacial score (nSPS) is 10.6. The number of hydrogen-bond acceptors (Lipinski definition) is 5. The predicted octanol–water partition coefficient (Wildman–Crippen LogP) is 3.01. The summed E-state index contributed by atoms with van der Waals surface area (Å²) in [7, 11) is 0. The first kappa shape index (κ1) is 18.2. The van der Waals surface area contributed by atoms with Crippen molar-refractivity contribution in [3.05, 3.63) is 53.6 Å². The molecule has 0 atom stereocenters. The number of nitrogens with zero attached hydrogens (tertiary/aromatic N) is 1. The number of carbonyl (C=O) groups is 2. The Labute approximate surface area is 135 Å². The van der Waals surface area contributed by atoms with Crippen molar-refractivity contribution in [3.63, 3.8) is 0 Å². The monoisotopic (exact) mass is 313 g/mol. The number of ether oxygens (including phenoxy) is 2. The molecule has 1 aromatic carbocycles. The van der Waals surface area contributed by atoms with E-state index in [4.69, 9.17) is 14.7 Å². The number of rotatable bonds is 7. The Morgan fingerprint density at radius 3 is 2.30 bits per heavy atom. The molecule has 0 spiro atoms. The molecular weight excluding hydrogens is 294 g/mol. The number of esters is 2. The molecule has 0 heterocycles. The first-order valence-electron chi connectivity index (χ1n) is 7.24. The standard InChI is InChI=1S/C18H19NO4/c1-4-22-17(20)11-16(10-13(3)18(21)23-5-2)15-8-6-14(12-19)7-9-15/h6-9,11H,3-5,10H2,1-2H3/b16-11+. The van der Waals surface area contributed by atoms with Gasteiger partial charge in [0, 0.05) is 18.1 Å². The number of carbonyl (C=O) groups excluding carboxylic acids is 2. The molecule has 0 aliphatic carbocycles. The van der Waals surface area contributed by atoms with Crippen molar-refractivity contribution in [1.82, 2.24) is 0 Å². The van der Waals surface area contributed by atoms with Crippen LogP contribution < -0.4 is 0 Å². The third-order valence-electron chi connectivity index (χ3n) is 2.93. The van der Waals surface area contributed by atoms with Crippen LogP contribution in [0.3, 0.4) is 0 Å². The second-order valence-corrected chi connectivity index (χ2v) is 4.61. The zero-order valence-electron chi connectivity index (χ0n) is 13.3. The summed E-state index contributed by atoms with van der Waals surface area (Å²) in [5, 5.41) is 8.85. The highest BCUT2D eigenvalue weighted by molar-refractivity contribution is 5.96. The molecule has 5 heteroatoms. The van der Waals surface area contributed by atoms with E-state index in [-0.39, 0.29) is 25.2 Å². The van der Waals surface area contributed by atoms with Gasteiger partial charge in [0.1, 0.15) is 0 Å². The molecule has 0 aliphatic rings. The van der Waals surface area contributed by atoms with Crippen LogP contribution in [0.2, 0.25) is 0 Å². The molecule has 0 aromatic heterocycles. The minimum atomic E-state index is -0.504. The summed E-state index contributed by atoms with van der Waals surface area (Å²) in [6, 6.07) is 8.73.